The van der Waals surface area contributed by atoms with E-state index in [1.807, 2.05) is 19.9 Å². The number of hydrogen-bond acceptors (Lipinski definition) is 2. The molecule has 0 saturated heterocycles. The molecule has 6 heteroatoms. The highest BCUT2D eigenvalue weighted by molar-refractivity contribution is 14.0. The zero-order chi connectivity index (χ0) is 17.3. The molecule has 0 aromatic heterocycles. The van der Waals surface area contributed by atoms with E-state index in [4.69, 9.17) is 0 Å². The number of carbonyl (C=O) groups excluding carboxylic acids is 1. The predicted octanol–water partition coefficient (Wildman–Crippen LogP) is 2.52. The van der Waals surface area contributed by atoms with Gasteiger partial charge in [-0.15, -0.1) is 24.0 Å². The monoisotopic (exact) mass is 446 g/mol. The van der Waals surface area contributed by atoms with E-state index in [1.165, 1.54) is 5.56 Å². The molecule has 0 atom stereocenters. The van der Waals surface area contributed by atoms with Crippen LogP contribution < -0.4 is 16.0 Å². The van der Waals surface area contributed by atoms with Crippen LogP contribution in [0, 0.1) is 5.92 Å². The minimum Gasteiger partial charge on any atom is -0.356 e. The molecule has 0 aliphatic carbocycles. The molecule has 5 nitrogen and oxygen atoms in total. The van der Waals surface area contributed by atoms with Crippen LogP contribution in [0.4, 0.5) is 0 Å². The number of nitrogens with one attached hydrogen (secondary N) is 3. The average molecular weight is 446 g/mol. The minimum absolute atomic E-state index is 0. The molecule has 0 aliphatic rings. The molecule has 0 heterocycles. The van der Waals surface area contributed by atoms with Crippen LogP contribution >= 0.6 is 24.0 Å². The maximum absolute atomic E-state index is 11.5. The van der Waals surface area contributed by atoms with Crippen molar-refractivity contribution in [1.82, 2.24) is 16.0 Å². The summed E-state index contributed by atoms with van der Waals surface area (Å²) in [5, 5.41) is 9.43. The van der Waals surface area contributed by atoms with Gasteiger partial charge in [-0.3, -0.25) is 9.79 Å². The minimum atomic E-state index is 0. The molecule has 1 aromatic carbocycles. The van der Waals surface area contributed by atoms with Gasteiger partial charge in [-0.05, 0) is 5.56 Å². The van der Waals surface area contributed by atoms with Crippen LogP contribution in [0.25, 0.3) is 0 Å². The van der Waals surface area contributed by atoms with Gasteiger partial charge in [0.05, 0.1) is 0 Å². The fraction of sp³-hybridized carbons (Fsp3) is 0.556. The Kier molecular flexibility index (Phi) is 10.7. The molecular weight excluding hydrogens is 415 g/mol. The third kappa shape index (κ3) is 7.99. The number of carbonyl (C=O) groups is 1. The van der Waals surface area contributed by atoms with E-state index in [2.05, 4.69) is 59.1 Å². The van der Waals surface area contributed by atoms with Crippen LogP contribution in [-0.2, 0) is 10.2 Å². The van der Waals surface area contributed by atoms with Gasteiger partial charge in [-0.1, -0.05) is 58.0 Å². The molecule has 0 aliphatic heterocycles. The Morgan fingerprint density at radius 3 is 2.21 bits per heavy atom. The summed E-state index contributed by atoms with van der Waals surface area (Å²) in [7, 11) is 1.75. The summed E-state index contributed by atoms with van der Waals surface area (Å²) in [5.74, 6) is 0.826. The van der Waals surface area contributed by atoms with E-state index in [0.717, 1.165) is 12.5 Å². The quantitative estimate of drug-likeness (QED) is 0.261. The molecule has 0 spiro atoms. The van der Waals surface area contributed by atoms with E-state index in [0.29, 0.717) is 13.1 Å². The van der Waals surface area contributed by atoms with Crippen molar-refractivity contribution >= 4 is 35.8 Å². The van der Waals surface area contributed by atoms with E-state index in [9.17, 15) is 4.79 Å². The second-order valence-corrected chi connectivity index (χ2v) is 6.55. The first kappa shape index (κ1) is 22.7. The SMILES string of the molecule is CN=C(NCCNC(=O)C(C)C)NCC(C)(C)c1ccccc1.I. The Labute approximate surface area is 163 Å². The summed E-state index contributed by atoms with van der Waals surface area (Å²) in [6.07, 6.45) is 0. The molecule has 1 amide bonds. The number of amides is 1. The molecule has 0 radical (unpaired) electrons. The molecule has 1 aromatic rings. The van der Waals surface area contributed by atoms with Crippen molar-refractivity contribution in [2.75, 3.05) is 26.7 Å². The van der Waals surface area contributed by atoms with E-state index in [1.54, 1.807) is 7.05 Å². The fourth-order valence-corrected chi connectivity index (χ4v) is 2.09. The zero-order valence-corrected chi connectivity index (χ0v) is 17.7. The van der Waals surface area contributed by atoms with Crippen molar-refractivity contribution in [3.05, 3.63) is 35.9 Å². The molecule has 136 valence electrons. The first-order chi connectivity index (χ1) is 10.9. The summed E-state index contributed by atoms with van der Waals surface area (Å²) in [6, 6.07) is 10.4. The molecular formula is C18H31IN4O. The first-order valence-corrected chi connectivity index (χ1v) is 8.14. The predicted molar refractivity (Wildman–Crippen MR) is 112 cm³/mol. The van der Waals surface area contributed by atoms with Crippen LogP contribution in [-0.4, -0.2) is 38.5 Å². The number of rotatable bonds is 7. The molecule has 24 heavy (non-hydrogen) atoms. The summed E-state index contributed by atoms with van der Waals surface area (Å²) in [5.41, 5.74) is 1.29. The normalized spacial score (nSPS) is 11.7. The van der Waals surface area contributed by atoms with Crippen molar-refractivity contribution in [2.45, 2.75) is 33.1 Å². The number of aliphatic imine (C=N–C) groups is 1. The van der Waals surface area contributed by atoms with Gasteiger partial charge in [0.25, 0.3) is 0 Å². The van der Waals surface area contributed by atoms with Gasteiger partial charge in [0.2, 0.25) is 5.91 Å². The highest BCUT2D eigenvalue weighted by Gasteiger charge is 2.20. The number of benzene rings is 1. The lowest BCUT2D eigenvalue weighted by molar-refractivity contribution is -0.123. The largest absolute Gasteiger partial charge is 0.356 e. The molecule has 0 saturated carbocycles. The Bertz CT molecular complexity index is 515. The third-order valence-electron chi connectivity index (χ3n) is 3.72. The van der Waals surface area contributed by atoms with Gasteiger partial charge < -0.3 is 16.0 Å². The smallest absolute Gasteiger partial charge is 0.222 e. The van der Waals surface area contributed by atoms with Gasteiger partial charge in [-0.2, -0.15) is 0 Å². The van der Waals surface area contributed by atoms with Gasteiger partial charge >= 0.3 is 0 Å². The average Bonchev–Trinajstić information content (AvgIpc) is 2.54. The highest BCUT2D eigenvalue weighted by Crippen LogP contribution is 2.21. The Hall–Kier alpha value is -1.31. The standard InChI is InChI=1S/C18H30N4O.HI/c1-14(2)16(23)20-11-12-21-17(19-5)22-13-18(3,4)15-9-7-6-8-10-15;/h6-10,14H,11-13H2,1-5H3,(H,20,23)(H2,19,21,22);1H. The maximum atomic E-state index is 11.5. The van der Waals surface area contributed by atoms with Crippen LogP contribution in [0.1, 0.15) is 33.3 Å². The molecule has 1 rings (SSSR count). The highest BCUT2D eigenvalue weighted by atomic mass is 127. The summed E-state index contributed by atoms with van der Waals surface area (Å²) in [6.45, 7) is 10.2. The van der Waals surface area contributed by atoms with E-state index in [-0.39, 0.29) is 41.2 Å². The van der Waals surface area contributed by atoms with Crippen molar-refractivity contribution in [2.24, 2.45) is 10.9 Å². The molecule has 0 bridgehead atoms. The van der Waals surface area contributed by atoms with Gasteiger partial charge in [0, 0.05) is 38.0 Å². The second-order valence-electron chi connectivity index (χ2n) is 6.55. The Morgan fingerprint density at radius 2 is 1.67 bits per heavy atom. The lowest BCUT2D eigenvalue weighted by Crippen LogP contribution is -2.45. The molecule has 3 N–H and O–H groups in total. The van der Waals surface area contributed by atoms with Crippen LogP contribution in [0.15, 0.2) is 35.3 Å². The van der Waals surface area contributed by atoms with E-state index >= 15 is 0 Å². The van der Waals surface area contributed by atoms with Crippen LogP contribution in [0.5, 0.6) is 0 Å². The van der Waals surface area contributed by atoms with Gasteiger partial charge in [0.1, 0.15) is 0 Å². The first-order valence-electron chi connectivity index (χ1n) is 8.14. The summed E-state index contributed by atoms with van der Waals surface area (Å²) in [4.78, 5) is 15.7. The lowest BCUT2D eigenvalue weighted by atomic mass is 9.85. The number of hydrogen-bond donors (Lipinski definition) is 3. The number of nitrogens with zero attached hydrogens (tertiary/aromatic N) is 1. The topological polar surface area (TPSA) is 65.5 Å². The van der Waals surface area contributed by atoms with Gasteiger partial charge in [0.15, 0.2) is 5.96 Å². The van der Waals surface area contributed by atoms with Crippen molar-refractivity contribution in [3.8, 4) is 0 Å². The number of halogens is 1. The summed E-state index contributed by atoms with van der Waals surface area (Å²) >= 11 is 0. The second kappa shape index (κ2) is 11.3. The number of guanidine groups is 1. The molecule has 0 unspecified atom stereocenters. The lowest BCUT2D eigenvalue weighted by Gasteiger charge is -2.26. The fourth-order valence-electron chi connectivity index (χ4n) is 2.09. The Morgan fingerprint density at radius 1 is 1.08 bits per heavy atom. The summed E-state index contributed by atoms with van der Waals surface area (Å²) < 4.78 is 0. The molecule has 0 fully saturated rings. The third-order valence-corrected chi connectivity index (χ3v) is 3.72. The van der Waals surface area contributed by atoms with Crippen LogP contribution in [0.2, 0.25) is 0 Å². The Balaban J connectivity index is 0.00000529. The van der Waals surface area contributed by atoms with Crippen molar-refractivity contribution in [3.63, 3.8) is 0 Å². The maximum Gasteiger partial charge on any atom is 0.222 e. The van der Waals surface area contributed by atoms with Crippen molar-refractivity contribution < 1.29 is 4.79 Å². The zero-order valence-electron chi connectivity index (χ0n) is 15.3. The van der Waals surface area contributed by atoms with E-state index < -0.39 is 0 Å². The van der Waals surface area contributed by atoms with Gasteiger partial charge in [-0.25, -0.2) is 0 Å². The van der Waals surface area contributed by atoms with Crippen LogP contribution in [0.3, 0.4) is 0 Å². The van der Waals surface area contributed by atoms with Crippen molar-refractivity contribution in [1.29, 1.82) is 0 Å².